The Labute approximate surface area is 129 Å². The van der Waals surface area contributed by atoms with Crippen LogP contribution in [-0.2, 0) is 12.1 Å². The summed E-state index contributed by atoms with van der Waals surface area (Å²) in [5.41, 5.74) is 3.74. The maximum absolute atomic E-state index is 9.25. The molecule has 1 aromatic rings. The number of hydrogen-bond donors (Lipinski definition) is 2. The summed E-state index contributed by atoms with van der Waals surface area (Å²) in [6, 6.07) is 0. The van der Waals surface area contributed by atoms with Crippen molar-refractivity contribution in [3.05, 3.63) is 17.0 Å². The molecule has 1 rings (SSSR count). The lowest BCUT2D eigenvalue weighted by molar-refractivity contribution is 0.148. The Bertz CT molecular complexity index is 455. The highest BCUT2D eigenvalue weighted by Gasteiger charge is 2.20. The zero-order valence-electron chi connectivity index (χ0n) is 14.9. The van der Waals surface area contributed by atoms with Gasteiger partial charge in [-0.05, 0) is 59.4 Å². The first kappa shape index (κ1) is 18.2. The number of nitrogens with one attached hydrogen (secondary N) is 1. The number of hydrogen-bond acceptors (Lipinski definition) is 3. The summed E-state index contributed by atoms with van der Waals surface area (Å²) in [7, 11) is 0. The lowest BCUT2D eigenvalue weighted by Gasteiger charge is -2.22. The Kier molecular flexibility index (Phi) is 6.00. The minimum Gasteiger partial charge on any atom is -0.396 e. The van der Waals surface area contributed by atoms with Crippen LogP contribution in [0.5, 0.6) is 0 Å². The van der Waals surface area contributed by atoms with E-state index in [-0.39, 0.29) is 17.6 Å². The van der Waals surface area contributed by atoms with Crippen molar-refractivity contribution in [2.24, 2.45) is 5.41 Å². The summed E-state index contributed by atoms with van der Waals surface area (Å²) < 4.78 is 2.12. The zero-order chi connectivity index (χ0) is 16.3. The maximum Gasteiger partial charge on any atom is 0.0641 e. The highest BCUT2D eigenvalue weighted by atomic mass is 16.3. The van der Waals surface area contributed by atoms with Gasteiger partial charge >= 0.3 is 0 Å². The van der Waals surface area contributed by atoms with Crippen molar-refractivity contribution in [2.45, 2.75) is 73.4 Å². The fourth-order valence-corrected chi connectivity index (χ4v) is 2.57. The molecule has 0 saturated heterocycles. The van der Waals surface area contributed by atoms with Crippen LogP contribution in [0.4, 0.5) is 0 Å². The average molecular weight is 295 g/mol. The smallest absolute Gasteiger partial charge is 0.0641 e. The normalized spacial score (nSPS) is 13.0. The van der Waals surface area contributed by atoms with Crippen LogP contribution in [0.15, 0.2) is 0 Å². The van der Waals surface area contributed by atoms with Gasteiger partial charge in [0.2, 0.25) is 0 Å². The van der Waals surface area contributed by atoms with Crippen molar-refractivity contribution in [1.29, 1.82) is 0 Å². The quantitative estimate of drug-likeness (QED) is 0.760. The van der Waals surface area contributed by atoms with Crippen LogP contribution in [0.1, 0.15) is 64.4 Å². The van der Waals surface area contributed by atoms with Gasteiger partial charge in [-0.25, -0.2) is 0 Å². The molecule has 0 radical (unpaired) electrons. The van der Waals surface area contributed by atoms with Gasteiger partial charge in [-0.15, -0.1) is 0 Å². The Morgan fingerprint density at radius 1 is 1.14 bits per heavy atom. The van der Waals surface area contributed by atoms with E-state index in [2.05, 4.69) is 63.6 Å². The summed E-state index contributed by atoms with van der Waals surface area (Å²) in [6.45, 7) is 17.1. The number of rotatable bonds is 7. The molecule has 122 valence electrons. The Morgan fingerprint density at radius 2 is 1.76 bits per heavy atom. The van der Waals surface area contributed by atoms with E-state index in [1.165, 1.54) is 11.3 Å². The molecule has 0 unspecified atom stereocenters. The summed E-state index contributed by atoms with van der Waals surface area (Å²) in [5, 5.41) is 17.4. The number of nitrogens with zero attached hydrogens (tertiary/aromatic N) is 2. The predicted molar refractivity (Wildman–Crippen MR) is 88.5 cm³/mol. The largest absolute Gasteiger partial charge is 0.396 e. The van der Waals surface area contributed by atoms with E-state index < -0.39 is 0 Å². The molecule has 0 bridgehead atoms. The third kappa shape index (κ3) is 5.11. The average Bonchev–Trinajstić information content (AvgIpc) is 2.65. The number of aryl methyl sites for hydroxylation is 1. The van der Waals surface area contributed by atoms with E-state index in [1.807, 2.05) is 0 Å². The fraction of sp³-hybridized carbons (Fsp3) is 0.824. The summed E-state index contributed by atoms with van der Waals surface area (Å²) in [4.78, 5) is 0. The van der Waals surface area contributed by atoms with E-state index in [4.69, 9.17) is 0 Å². The summed E-state index contributed by atoms with van der Waals surface area (Å²) >= 11 is 0. The minimum absolute atomic E-state index is 0.0260. The Morgan fingerprint density at radius 3 is 2.24 bits per heavy atom. The predicted octanol–water partition coefficient (Wildman–Crippen LogP) is 3.14. The first-order valence-corrected chi connectivity index (χ1v) is 7.95. The molecule has 1 heterocycles. The number of aliphatic hydroxyl groups is 1. The van der Waals surface area contributed by atoms with Gasteiger partial charge in [0.25, 0.3) is 0 Å². The van der Waals surface area contributed by atoms with Crippen molar-refractivity contribution < 1.29 is 5.11 Å². The molecule has 0 saturated carbocycles. The second-order valence-electron chi connectivity index (χ2n) is 7.83. The van der Waals surface area contributed by atoms with Crippen LogP contribution in [0.2, 0.25) is 0 Å². The van der Waals surface area contributed by atoms with Crippen molar-refractivity contribution in [1.82, 2.24) is 15.1 Å². The molecule has 1 aromatic heterocycles. The van der Waals surface area contributed by atoms with E-state index in [9.17, 15) is 5.11 Å². The van der Waals surface area contributed by atoms with Crippen molar-refractivity contribution in [3.63, 3.8) is 0 Å². The Balaban J connectivity index is 2.52. The molecule has 0 aliphatic rings. The van der Waals surface area contributed by atoms with Gasteiger partial charge in [-0.3, -0.25) is 4.68 Å². The topological polar surface area (TPSA) is 50.1 Å². The molecule has 0 fully saturated rings. The van der Waals surface area contributed by atoms with E-state index in [0.29, 0.717) is 0 Å². The second-order valence-corrected chi connectivity index (χ2v) is 7.83. The molecule has 0 aromatic carbocycles. The van der Waals surface area contributed by atoms with E-state index >= 15 is 0 Å². The van der Waals surface area contributed by atoms with Crippen LogP contribution < -0.4 is 5.32 Å². The van der Waals surface area contributed by atoms with Gasteiger partial charge in [-0.1, -0.05) is 13.8 Å². The summed E-state index contributed by atoms with van der Waals surface area (Å²) in [5.74, 6) is 0. The molecule has 0 aliphatic carbocycles. The van der Waals surface area contributed by atoms with Crippen molar-refractivity contribution in [3.8, 4) is 0 Å². The van der Waals surface area contributed by atoms with E-state index in [0.717, 1.165) is 31.6 Å². The lowest BCUT2D eigenvalue weighted by Crippen LogP contribution is -2.25. The third-order valence-electron chi connectivity index (χ3n) is 4.01. The van der Waals surface area contributed by atoms with Gasteiger partial charge < -0.3 is 10.4 Å². The SMILES string of the molecule is Cc1nn(C(C)(C)C)c(C)c1CNCCCC(C)(C)CO. The van der Waals surface area contributed by atoms with Crippen LogP contribution in [0, 0.1) is 19.3 Å². The van der Waals surface area contributed by atoms with Gasteiger partial charge in [0.1, 0.15) is 0 Å². The Hall–Kier alpha value is -0.870. The van der Waals surface area contributed by atoms with Crippen LogP contribution in [-0.4, -0.2) is 28.0 Å². The summed E-state index contributed by atoms with van der Waals surface area (Å²) in [6.07, 6.45) is 2.12. The first-order valence-electron chi connectivity index (χ1n) is 7.95. The number of aliphatic hydroxyl groups excluding tert-OH is 1. The highest BCUT2D eigenvalue weighted by molar-refractivity contribution is 5.25. The highest BCUT2D eigenvalue weighted by Crippen LogP contribution is 2.22. The molecular weight excluding hydrogens is 262 g/mol. The standard InChI is InChI=1S/C17H33N3O/c1-13-15(14(2)20(19-13)16(3,4)5)11-18-10-8-9-17(6,7)12-21/h18,21H,8-12H2,1-7H3. The second kappa shape index (κ2) is 6.93. The lowest BCUT2D eigenvalue weighted by atomic mass is 9.89. The molecule has 0 atom stereocenters. The van der Waals surface area contributed by atoms with Gasteiger partial charge in [0.15, 0.2) is 0 Å². The zero-order valence-corrected chi connectivity index (χ0v) is 14.9. The molecule has 0 aliphatic heterocycles. The van der Waals surface area contributed by atoms with Crippen LogP contribution in [0.3, 0.4) is 0 Å². The molecule has 21 heavy (non-hydrogen) atoms. The van der Waals surface area contributed by atoms with Crippen molar-refractivity contribution in [2.75, 3.05) is 13.2 Å². The van der Waals surface area contributed by atoms with Gasteiger partial charge in [0.05, 0.1) is 11.2 Å². The van der Waals surface area contributed by atoms with Crippen LogP contribution in [0.25, 0.3) is 0 Å². The minimum atomic E-state index is 0.0260. The third-order valence-corrected chi connectivity index (χ3v) is 4.01. The first-order chi connectivity index (χ1) is 9.58. The molecule has 0 spiro atoms. The van der Waals surface area contributed by atoms with Gasteiger partial charge in [-0.2, -0.15) is 5.10 Å². The van der Waals surface area contributed by atoms with Crippen LogP contribution >= 0.6 is 0 Å². The van der Waals surface area contributed by atoms with Crippen molar-refractivity contribution >= 4 is 0 Å². The number of aromatic nitrogens is 2. The van der Waals surface area contributed by atoms with E-state index in [1.54, 1.807) is 0 Å². The molecule has 4 nitrogen and oxygen atoms in total. The molecular formula is C17H33N3O. The fourth-order valence-electron chi connectivity index (χ4n) is 2.57. The monoisotopic (exact) mass is 295 g/mol. The molecule has 0 amide bonds. The molecule has 2 N–H and O–H groups in total. The molecule has 4 heteroatoms. The maximum atomic E-state index is 9.25. The van der Waals surface area contributed by atoms with Gasteiger partial charge in [0, 0.05) is 24.4 Å².